The molecule has 13 heavy (non-hydrogen) atoms. The average molecular weight is 177 g/mol. The highest BCUT2D eigenvalue weighted by atomic mass is 16.5. The number of fused-ring (bicyclic) bond motifs is 1. The minimum Gasteiger partial charge on any atom is -0.491 e. The van der Waals surface area contributed by atoms with Crippen LogP contribution in [0.1, 0.15) is 22.8 Å². The topological polar surface area (TPSA) is 52.3 Å². The number of rotatable bonds is 1. The van der Waals surface area contributed by atoms with Gasteiger partial charge in [-0.2, -0.15) is 0 Å². The Balaban J connectivity index is 2.62. The number of carbonyl (C=O) groups is 1. The molecule has 2 rings (SSSR count). The summed E-state index contributed by atoms with van der Waals surface area (Å²) < 4.78 is 5.34. The van der Waals surface area contributed by atoms with E-state index in [1.54, 1.807) is 19.1 Å². The minimum absolute atomic E-state index is 0.0711. The molecule has 68 valence electrons. The monoisotopic (exact) mass is 177 g/mol. The third kappa shape index (κ3) is 1.16. The number of nitrogens with two attached hydrogens (primary N) is 1. The first-order chi connectivity index (χ1) is 6.20. The maximum Gasteiger partial charge on any atom is 0.160 e. The van der Waals surface area contributed by atoms with Crippen LogP contribution in [-0.2, 0) is 6.42 Å². The number of anilines is 1. The second kappa shape index (κ2) is 2.76. The van der Waals surface area contributed by atoms with Crippen LogP contribution < -0.4 is 10.5 Å². The van der Waals surface area contributed by atoms with Crippen LogP contribution in [0.5, 0.6) is 5.75 Å². The molecule has 0 aromatic heterocycles. The van der Waals surface area contributed by atoms with Gasteiger partial charge >= 0.3 is 0 Å². The molecule has 1 aromatic carbocycles. The predicted molar refractivity (Wildman–Crippen MR) is 50.1 cm³/mol. The predicted octanol–water partition coefficient (Wildman–Crippen LogP) is 1.41. The fourth-order valence-corrected chi connectivity index (χ4v) is 1.65. The minimum atomic E-state index is 0.0711. The van der Waals surface area contributed by atoms with Gasteiger partial charge in [-0.05, 0) is 19.1 Å². The van der Waals surface area contributed by atoms with E-state index in [1.165, 1.54) is 0 Å². The zero-order valence-electron chi connectivity index (χ0n) is 7.46. The molecule has 3 nitrogen and oxygen atoms in total. The highest BCUT2D eigenvalue weighted by Gasteiger charge is 2.20. The van der Waals surface area contributed by atoms with Gasteiger partial charge in [0.25, 0.3) is 0 Å². The Hall–Kier alpha value is -1.51. The van der Waals surface area contributed by atoms with E-state index in [9.17, 15) is 4.79 Å². The van der Waals surface area contributed by atoms with E-state index in [4.69, 9.17) is 10.5 Å². The fraction of sp³-hybridized carbons (Fsp3) is 0.300. The summed E-state index contributed by atoms with van der Waals surface area (Å²) in [5.41, 5.74) is 8.03. The summed E-state index contributed by atoms with van der Waals surface area (Å²) in [6, 6.07) is 3.49. The Morgan fingerprint density at radius 1 is 1.54 bits per heavy atom. The van der Waals surface area contributed by atoms with E-state index in [2.05, 4.69) is 0 Å². The van der Waals surface area contributed by atoms with Crippen molar-refractivity contribution in [1.29, 1.82) is 0 Å². The van der Waals surface area contributed by atoms with Crippen molar-refractivity contribution in [3.8, 4) is 5.75 Å². The normalized spacial score (nSPS) is 13.6. The first-order valence-electron chi connectivity index (χ1n) is 4.25. The molecule has 0 amide bonds. The number of carbonyl (C=O) groups excluding carboxylic acids is 1. The lowest BCUT2D eigenvalue weighted by Crippen LogP contribution is -1.99. The first kappa shape index (κ1) is 8.10. The van der Waals surface area contributed by atoms with Crippen molar-refractivity contribution in [1.82, 2.24) is 0 Å². The Kier molecular flexibility index (Phi) is 1.72. The van der Waals surface area contributed by atoms with Crippen LogP contribution in [-0.4, -0.2) is 12.4 Å². The smallest absolute Gasteiger partial charge is 0.160 e. The van der Waals surface area contributed by atoms with E-state index in [1.807, 2.05) is 0 Å². The van der Waals surface area contributed by atoms with E-state index < -0.39 is 0 Å². The quantitative estimate of drug-likeness (QED) is 0.521. The Labute approximate surface area is 76.5 Å². The van der Waals surface area contributed by atoms with E-state index in [-0.39, 0.29) is 5.78 Å². The molecule has 2 N–H and O–H groups in total. The summed E-state index contributed by atoms with van der Waals surface area (Å²) in [5, 5.41) is 0. The second-order valence-corrected chi connectivity index (χ2v) is 3.16. The lowest BCUT2D eigenvalue weighted by Gasteiger charge is -2.05. The molecule has 3 heteroatoms. The van der Waals surface area contributed by atoms with Gasteiger partial charge in [0.1, 0.15) is 5.75 Å². The molecule has 1 aliphatic heterocycles. The van der Waals surface area contributed by atoms with Gasteiger partial charge in [0, 0.05) is 17.5 Å². The van der Waals surface area contributed by atoms with Crippen LogP contribution in [0.4, 0.5) is 5.69 Å². The summed E-state index contributed by atoms with van der Waals surface area (Å²) >= 11 is 0. The number of benzene rings is 1. The van der Waals surface area contributed by atoms with Gasteiger partial charge in [-0.25, -0.2) is 0 Å². The van der Waals surface area contributed by atoms with Crippen molar-refractivity contribution in [2.24, 2.45) is 0 Å². The van der Waals surface area contributed by atoms with Gasteiger partial charge < -0.3 is 10.5 Å². The Bertz CT molecular complexity index is 371. The van der Waals surface area contributed by atoms with Gasteiger partial charge in [-0.3, -0.25) is 4.79 Å². The summed E-state index contributed by atoms with van der Waals surface area (Å²) in [5.74, 6) is 0.773. The molecule has 0 atom stereocenters. The summed E-state index contributed by atoms with van der Waals surface area (Å²) in [4.78, 5) is 11.2. The van der Waals surface area contributed by atoms with Crippen LogP contribution in [0.25, 0.3) is 0 Å². The van der Waals surface area contributed by atoms with Crippen LogP contribution >= 0.6 is 0 Å². The zero-order chi connectivity index (χ0) is 9.42. The van der Waals surface area contributed by atoms with Gasteiger partial charge in [-0.15, -0.1) is 0 Å². The molecule has 0 radical (unpaired) electrons. The van der Waals surface area contributed by atoms with E-state index in [0.717, 1.165) is 17.5 Å². The first-order valence-corrected chi connectivity index (χ1v) is 4.25. The van der Waals surface area contributed by atoms with Gasteiger partial charge in [0.15, 0.2) is 5.78 Å². The van der Waals surface area contributed by atoms with Crippen LogP contribution in [0.2, 0.25) is 0 Å². The van der Waals surface area contributed by atoms with Crippen molar-refractivity contribution in [2.75, 3.05) is 12.3 Å². The molecule has 0 saturated heterocycles. The summed E-state index contributed by atoms with van der Waals surface area (Å²) in [6.45, 7) is 2.19. The summed E-state index contributed by atoms with van der Waals surface area (Å²) in [6.07, 6.45) is 0.787. The average Bonchev–Trinajstić information content (AvgIpc) is 2.53. The van der Waals surface area contributed by atoms with Crippen LogP contribution in [0.3, 0.4) is 0 Å². The second-order valence-electron chi connectivity index (χ2n) is 3.16. The van der Waals surface area contributed by atoms with Gasteiger partial charge in [-0.1, -0.05) is 0 Å². The fourth-order valence-electron chi connectivity index (χ4n) is 1.65. The maximum absolute atomic E-state index is 11.2. The molecule has 0 unspecified atom stereocenters. The summed E-state index contributed by atoms with van der Waals surface area (Å²) in [7, 11) is 0. The number of hydrogen-bond acceptors (Lipinski definition) is 3. The zero-order valence-corrected chi connectivity index (χ0v) is 7.46. The lowest BCUT2D eigenvalue weighted by molar-refractivity contribution is 0.101. The van der Waals surface area contributed by atoms with E-state index in [0.29, 0.717) is 18.0 Å². The Morgan fingerprint density at radius 2 is 2.31 bits per heavy atom. The highest BCUT2D eigenvalue weighted by molar-refractivity contribution is 5.97. The molecule has 0 fully saturated rings. The molecule has 0 aliphatic carbocycles. The SMILES string of the molecule is CC(=O)c1ccc(N)c2c1CCO2. The van der Waals surface area contributed by atoms with Crippen molar-refractivity contribution in [2.45, 2.75) is 13.3 Å². The standard InChI is InChI=1S/C10H11NO2/c1-6(12)7-2-3-9(11)10-8(7)4-5-13-10/h2-3H,4-5,11H2,1H3. The molecule has 1 heterocycles. The maximum atomic E-state index is 11.2. The van der Waals surface area contributed by atoms with E-state index >= 15 is 0 Å². The van der Waals surface area contributed by atoms with Crippen molar-refractivity contribution >= 4 is 11.5 Å². The Morgan fingerprint density at radius 3 is 3.00 bits per heavy atom. The molecule has 1 aliphatic rings. The van der Waals surface area contributed by atoms with Crippen molar-refractivity contribution in [3.63, 3.8) is 0 Å². The van der Waals surface area contributed by atoms with Crippen LogP contribution in [0.15, 0.2) is 12.1 Å². The van der Waals surface area contributed by atoms with Gasteiger partial charge in [0.2, 0.25) is 0 Å². The third-order valence-corrected chi connectivity index (χ3v) is 2.27. The number of Topliss-reactive ketones (excluding diaryl/α,β-unsaturated/α-hetero) is 1. The number of nitrogen functional groups attached to an aromatic ring is 1. The number of hydrogen-bond donors (Lipinski definition) is 1. The molecular formula is C10H11NO2. The molecule has 1 aromatic rings. The highest BCUT2D eigenvalue weighted by Crippen LogP contribution is 2.34. The van der Waals surface area contributed by atoms with Crippen molar-refractivity contribution < 1.29 is 9.53 Å². The lowest BCUT2D eigenvalue weighted by atomic mass is 10.0. The van der Waals surface area contributed by atoms with Crippen LogP contribution in [0, 0.1) is 0 Å². The van der Waals surface area contributed by atoms with Crippen molar-refractivity contribution in [3.05, 3.63) is 23.3 Å². The largest absolute Gasteiger partial charge is 0.491 e. The molecule has 0 spiro atoms. The molecular weight excluding hydrogens is 166 g/mol. The molecule has 0 saturated carbocycles. The third-order valence-electron chi connectivity index (χ3n) is 2.27. The number of ketones is 1. The van der Waals surface area contributed by atoms with Gasteiger partial charge in [0.05, 0.1) is 12.3 Å². The molecule has 0 bridgehead atoms. The number of ether oxygens (including phenoxy) is 1.